The van der Waals surface area contributed by atoms with Gasteiger partial charge in [0.1, 0.15) is 6.61 Å². The van der Waals surface area contributed by atoms with Crippen LogP contribution in [0.25, 0.3) is 0 Å². The summed E-state index contributed by atoms with van der Waals surface area (Å²) in [4.78, 5) is 2.49. The molecule has 0 spiro atoms. The maximum atomic E-state index is 9.62. The van der Waals surface area contributed by atoms with Crippen molar-refractivity contribution in [2.24, 2.45) is 5.92 Å². The van der Waals surface area contributed by atoms with Crippen LogP contribution in [0.4, 0.5) is 0 Å². The highest BCUT2D eigenvalue weighted by atomic mass is 27.0. The van der Waals surface area contributed by atoms with Crippen LogP contribution in [0.1, 0.15) is 13.3 Å². The molecule has 0 amide bonds. The largest absolute Gasteiger partial charge is 0.473 e. The maximum absolute atomic E-state index is 9.62. The van der Waals surface area contributed by atoms with Crippen molar-refractivity contribution in [3.05, 3.63) is 11.6 Å². The van der Waals surface area contributed by atoms with Crippen molar-refractivity contribution in [1.82, 2.24) is 10.2 Å². The van der Waals surface area contributed by atoms with E-state index in [4.69, 9.17) is 4.74 Å². The Morgan fingerprint density at radius 1 is 1.64 bits per heavy atom. The summed E-state index contributed by atoms with van der Waals surface area (Å²) in [5.74, 6) is 1.52. The Balaban J connectivity index is 2.23. The number of nitrogens with zero attached hydrogens (tertiary/aromatic N) is 1. The first-order valence-electron chi connectivity index (χ1n) is 5.13. The number of aliphatic hydroxyl groups is 1. The lowest BCUT2D eigenvalue weighted by Gasteiger charge is -2.41. The number of nitrogens with one attached hydrogen (secondary N) is 1. The van der Waals surface area contributed by atoms with Gasteiger partial charge in [0, 0.05) is 7.05 Å². The van der Waals surface area contributed by atoms with Gasteiger partial charge in [0.15, 0.2) is 6.23 Å². The van der Waals surface area contributed by atoms with Crippen molar-refractivity contribution in [2.75, 3.05) is 13.7 Å². The lowest BCUT2D eigenvalue weighted by Crippen LogP contribution is -2.49. The van der Waals surface area contributed by atoms with Gasteiger partial charge in [-0.25, -0.2) is 0 Å². The van der Waals surface area contributed by atoms with Gasteiger partial charge < -0.3 is 20.1 Å². The predicted octanol–water partition coefficient (Wildman–Crippen LogP) is -0.976. The summed E-state index contributed by atoms with van der Waals surface area (Å²) in [6, 6.07) is 0. The first-order chi connectivity index (χ1) is 6.59. The molecule has 0 aromatic carbocycles. The van der Waals surface area contributed by atoms with Crippen LogP contribution in [-0.2, 0) is 4.74 Å². The second-order valence-electron chi connectivity index (χ2n) is 4.29. The summed E-state index contributed by atoms with van der Waals surface area (Å²) in [6.07, 6.45) is 0.512. The molecular formula is C9H17AlN2O2. The third-order valence-corrected chi connectivity index (χ3v) is 4.67. The van der Waals surface area contributed by atoms with E-state index in [0.29, 0.717) is 17.4 Å². The lowest BCUT2D eigenvalue weighted by atomic mass is 10.0. The van der Waals surface area contributed by atoms with Gasteiger partial charge in [0.25, 0.3) is 0 Å². The number of likely N-dealkylation sites (N-methyl/N-ethyl adjacent to an activating group) is 1. The molecule has 0 aliphatic carbocycles. The topological polar surface area (TPSA) is 44.7 Å². The van der Waals surface area contributed by atoms with Crippen LogP contribution in [0, 0.1) is 5.92 Å². The van der Waals surface area contributed by atoms with E-state index in [1.807, 2.05) is 11.9 Å². The zero-order valence-corrected chi connectivity index (χ0v) is 10.9. The van der Waals surface area contributed by atoms with Crippen LogP contribution < -0.4 is 5.32 Å². The molecule has 14 heavy (non-hydrogen) atoms. The summed E-state index contributed by atoms with van der Waals surface area (Å²) in [7, 11) is 1.92. The Labute approximate surface area is 92.3 Å². The van der Waals surface area contributed by atoms with Crippen LogP contribution >= 0.6 is 0 Å². The fraction of sp³-hybridized carbons (Fsp3) is 0.778. The van der Waals surface area contributed by atoms with Gasteiger partial charge in [-0.15, -0.1) is 0 Å². The van der Waals surface area contributed by atoms with Gasteiger partial charge in [0.2, 0.25) is 22.2 Å². The third-order valence-electron chi connectivity index (χ3n) is 3.24. The Hall–Kier alpha value is -0.368. The van der Waals surface area contributed by atoms with Crippen LogP contribution in [-0.4, -0.2) is 51.1 Å². The maximum Gasteiger partial charge on any atom is 0.248 e. The summed E-state index contributed by atoms with van der Waals surface area (Å²) >= 11 is 1.13. The molecule has 0 saturated heterocycles. The molecular weight excluding hydrogens is 195 g/mol. The molecule has 2 heterocycles. The normalized spacial score (nSPS) is 37.4. The molecule has 4 nitrogen and oxygen atoms in total. The molecule has 5 heteroatoms. The number of aliphatic hydroxyl groups excluding tert-OH is 1. The third kappa shape index (κ3) is 1.60. The van der Waals surface area contributed by atoms with E-state index in [9.17, 15) is 5.11 Å². The van der Waals surface area contributed by atoms with E-state index in [-0.39, 0.29) is 0 Å². The molecule has 2 aliphatic heterocycles. The monoisotopic (exact) mass is 212 g/mol. The summed E-state index contributed by atoms with van der Waals surface area (Å²) in [6.45, 7) is 2.61. The molecule has 0 aromatic heterocycles. The molecule has 0 aromatic rings. The highest BCUT2D eigenvalue weighted by Crippen LogP contribution is 2.28. The van der Waals surface area contributed by atoms with Crippen molar-refractivity contribution in [3.63, 3.8) is 0 Å². The zero-order valence-electron chi connectivity index (χ0n) is 8.95. The van der Waals surface area contributed by atoms with Crippen LogP contribution in [0.5, 0.6) is 0 Å². The molecule has 3 atom stereocenters. The van der Waals surface area contributed by atoms with Gasteiger partial charge in [-0.1, -0.05) is 6.92 Å². The van der Waals surface area contributed by atoms with Gasteiger partial charge in [-0.2, -0.15) is 0 Å². The fourth-order valence-electron chi connectivity index (χ4n) is 1.89. The van der Waals surface area contributed by atoms with E-state index >= 15 is 0 Å². The SMILES string of the molecule is CC1CC2=C(N[CH]1[AlH2])OCC(O)N2C. The fourth-order valence-corrected chi connectivity index (χ4v) is 2.38. The number of rotatable bonds is 0. The average Bonchev–Trinajstić information content (AvgIpc) is 2.15. The minimum absolute atomic E-state index is 0.366. The summed E-state index contributed by atoms with van der Waals surface area (Å²) in [5, 5.41) is 13.0. The Morgan fingerprint density at radius 2 is 2.36 bits per heavy atom. The van der Waals surface area contributed by atoms with Crippen LogP contribution in [0.15, 0.2) is 11.6 Å². The van der Waals surface area contributed by atoms with Crippen molar-refractivity contribution < 1.29 is 9.84 Å². The second-order valence-corrected chi connectivity index (χ2v) is 5.54. The Morgan fingerprint density at radius 3 is 3.07 bits per heavy atom. The van der Waals surface area contributed by atoms with Crippen molar-refractivity contribution in [1.29, 1.82) is 0 Å². The first kappa shape index (κ1) is 10.2. The van der Waals surface area contributed by atoms with E-state index in [1.54, 1.807) is 0 Å². The van der Waals surface area contributed by atoms with Gasteiger partial charge in [0.05, 0.1) is 5.70 Å². The van der Waals surface area contributed by atoms with Crippen LogP contribution in [0.2, 0.25) is 0 Å². The van der Waals surface area contributed by atoms with Crippen molar-refractivity contribution in [3.8, 4) is 0 Å². The predicted molar refractivity (Wildman–Crippen MR) is 56.0 cm³/mol. The van der Waals surface area contributed by atoms with E-state index in [1.165, 1.54) is 0 Å². The lowest BCUT2D eigenvalue weighted by molar-refractivity contribution is -0.0532. The molecule has 2 N–H and O–H groups in total. The van der Waals surface area contributed by atoms with Crippen molar-refractivity contribution in [2.45, 2.75) is 24.5 Å². The van der Waals surface area contributed by atoms with Gasteiger partial charge in [-0.05, 0) is 17.2 Å². The van der Waals surface area contributed by atoms with Crippen LogP contribution in [0.3, 0.4) is 0 Å². The smallest absolute Gasteiger partial charge is 0.248 e. The zero-order chi connectivity index (χ0) is 10.3. The van der Waals surface area contributed by atoms with E-state index < -0.39 is 6.23 Å². The van der Waals surface area contributed by atoms with E-state index in [0.717, 1.165) is 34.3 Å². The second kappa shape index (κ2) is 3.65. The molecule has 2 aliphatic rings. The van der Waals surface area contributed by atoms with Gasteiger partial charge in [-0.3, -0.25) is 0 Å². The molecule has 3 unspecified atom stereocenters. The number of allylic oxidation sites excluding steroid dienone is 1. The molecule has 2 rings (SSSR count). The minimum atomic E-state index is -0.492. The van der Waals surface area contributed by atoms with Gasteiger partial charge >= 0.3 is 0 Å². The minimum Gasteiger partial charge on any atom is -0.473 e. The summed E-state index contributed by atoms with van der Waals surface area (Å²) in [5.41, 5.74) is 1.11. The standard InChI is InChI=1S/C9H15N2O2.Al.2H/c1-6-3-7-9(10-4-6)13-5-8(12)11(7)2;;;/h4,6,8,10,12H,3,5H2,1-2H3;;;. The molecule has 0 fully saturated rings. The first-order valence-corrected chi connectivity index (χ1v) is 6.28. The van der Waals surface area contributed by atoms with E-state index in [2.05, 4.69) is 12.2 Å². The molecule has 0 saturated carbocycles. The highest BCUT2D eigenvalue weighted by molar-refractivity contribution is 6.12. The number of ether oxygens (including phenoxy) is 1. The Kier molecular flexibility index (Phi) is 2.65. The quantitative estimate of drug-likeness (QED) is 0.507. The number of hydrogen-bond acceptors (Lipinski definition) is 4. The molecule has 0 radical (unpaired) electrons. The highest BCUT2D eigenvalue weighted by Gasteiger charge is 2.32. The molecule has 0 bridgehead atoms. The average molecular weight is 212 g/mol. The summed E-state index contributed by atoms with van der Waals surface area (Å²) < 4.78 is 5.48. The molecule has 78 valence electrons. The number of hydrogen-bond donors (Lipinski definition) is 2. The van der Waals surface area contributed by atoms with Crippen molar-refractivity contribution >= 4 is 16.3 Å². The Bertz CT molecular complexity index is 270.